The Labute approximate surface area is 282 Å². The molecule has 10 rings (SSSR count). The molecule has 0 radical (unpaired) electrons. The summed E-state index contributed by atoms with van der Waals surface area (Å²) in [5.41, 5.74) is 6.92. The molecule has 2 aromatic heterocycles. The number of furan rings is 1. The lowest BCUT2D eigenvalue weighted by molar-refractivity contribution is 0.669. The molecule has 49 heavy (non-hydrogen) atoms. The lowest BCUT2D eigenvalue weighted by atomic mass is 9.95. The van der Waals surface area contributed by atoms with Crippen molar-refractivity contribution in [3.05, 3.63) is 164 Å². The summed E-state index contributed by atoms with van der Waals surface area (Å²) in [5, 5.41) is 9.09. The van der Waals surface area contributed by atoms with E-state index in [2.05, 4.69) is 146 Å². The fourth-order valence-electron chi connectivity index (χ4n) is 7.07. The summed E-state index contributed by atoms with van der Waals surface area (Å²) >= 11 is 0. The minimum Gasteiger partial charge on any atom is -0.456 e. The Morgan fingerprint density at radius 2 is 0.857 bits per heavy atom. The largest absolute Gasteiger partial charge is 0.456 e. The fourth-order valence-corrected chi connectivity index (χ4v) is 7.07. The van der Waals surface area contributed by atoms with Gasteiger partial charge in [-0.1, -0.05) is 133 Å². The van der Waals surface area contributed by atoms with Gasteiger partial charge in [-0.05, 0) is 73.8 Å². The normalized spacial score (nSPS) is 11.7. The summed E-state index contributed by atoms with van der Waals surface area (Å²) in [4.78, 5) is 15.3. The van der Waals surface area contributed by atoms with Crippen molar-refractivity contribution >= 4 is 54.3 Å². The molecule has 0 N–H and O–H groups in total. The summed E-state index contributed by atoms with van der Waals surface area (Å²) in [7, 11) is 0. The number of hydrogen-bond acceptors (Lipinski definition) is 4. The average molecular weight is 626 g/mol. The molecule has 0 bridgehead atoms. The monoisotopic (exact) mass is 625 g/mol. The molecule has 10 aromatic rings. The second-order valence-corrected chi connectivity index (χ2v) is 12.4. The van der Waals surface area contributed by atoms with Crippen LogP contribution in [0.1, 0.15) is 0 Å². The molecule has 0 amide bonds. The van der Waals surface area contributed by atoms with Gasteiger partial charge in [0.1, 0.15) is 11.2 Å². The quantitative estimate of drug-likeness (QED) is 0.195. The second kappa shape index (κ2) is 11.0. The van der Waals surface area contributed by atoms with Gasteiger partial charge in [-0.25, -0.2) is 15.0 Å². The van der Waals surface area contributed by atoms with Crippen molar-refractivity contribution in [2.75, 3.05) is 0 Å². The van der Waals surface area contributed by atoms with E-state index in [-0.39, 0.29) is 0 Å². The zero-order chi connectivity index (χ0) is 32.3. The maximum Gasteiger partial charge on any atom is 0.164 e. The van der Waals surface area contributed by atoms with E-state index in [1.54, 1.807) is 0 Å². The molecule has 0 atom stereocenters. The van der Waals surface area contributed by atoms with Crippen LogP contribution in [0.25, 0.3) is 99.5 Å². The number of rotatable bonds is 4. The Morgan fingerprint density at radius 1 is 0.327 bits per heavy atom. The highest BCUT2D eigenvalue weighted by molar-refractivity contribution is 6.13. The lowest BCUT2D eigenvalue weighted by Gasteiger charge is -2.12. The van der Waals surface area contributed by atoms with Crippen LogP contribution in [0, 0.1) is 0 Å². The third kappa shape index (κ3) is 4.65. The predicted molar refractivity (Wildman–Crippen MR) is 201 cm³/mol. The van der Waals surface area contributed by atoms with Crippen molar-refractivity contribution in [1.29, 1.82) is 0 Å². The molecule has 0 aliphatic rings. The predicted octanol–water partition coefficient (Wildman–Crippen LogP) is 11.9. The molecule has 0 unspecified atom stereocenters. The van der Waals surface area contributed by atoms with Gasteiger partial charge in [0.15, 0.2) is 17.5 Å². The van der Waals surface area contributed by atoms with Gasteiger partial charge in [-0.15, -0.1) is 0 Å². The molecule has 0 saturated heterocycles. The van der Waals surface area contributed by atoms with Crippen molar-refractivity contribution in [3.63, 3.8) is 0 Å². The minimum atomic E-state index is 0.641. The number of hydrogen-bond donors (Lipinski definition) is 0. The van der Waals surface area contributed by atoms with Gasteiger partial charge in [-0.3, -0.25) is 0 Å². The van der Waals surface area contributed by atoms with Crippen LogP contribution in [-0.4, -0.2) is 15.0 Å². The smallest absolute Gasteiger partial charge is 0.164 e. The summed E-state index contributed by atoms with van der Waals surface area (Å²) < 4.78 is 6.20. The zero-order valence-corrected chi connectivity index (χ0v) is 26.3. The molecule has 0 saturated carbocycles. The van der Waals surface area contributed by atoms with Crippen molar-refractivity contribution in [3.8, 4) is 45.3 Å². The van der Waals surface area contributed by atoms with Crippen molar-refractivity contribution in [2.45, 2.75) is 0 Å². The highest BCUT2D eigenvalue weighted by Crippen LogP contribution is 2.39. The number of aromatic nitrogens is 3. The molecular weight excluding hydrogens is 599 g/mol. The average Bonchev–Trinajstić information content (AvgIpc) is 3.56. The van der Waals surface area contributed by atoms with Crippen LogP contribution in [0.5, 0.6) is 0 Å². The van der Waals surface area contributed by atoms with Crippen LogP contribution in [-0.2, 0) is 0 Å². The maximum absolute atomic E-state index is 6.20. The Balaban J connectivity index is 1.16. The van der Waals surface area contributed by atoms with Crippen LogP contribution in [0.4, 0.5) is 0 Å². The lowest BCUT2D eigenvalue weighted by Crippen LogP contribution is -2.00. The highest BCUT2D eigenvalue weighted by atomic mass is 16.3. The Hall–Kier alpha value is -6.65. The Bertz CT molecular complexity index is 2810. The van der Waals surface area contributed by atoms with Gasteiger partial charge in [0.05, 0.1) is 0 Å². The van der Waals surface area contributed by atoms with Crippen LogP contribution < -0.4 is 0 Å². The van der Waals surface area contributed by atoms with E-state index in [4.69, 9.17) is 19.4 Å². The second-order valence-electron chi connectivity index (χ2n) is 12.4. The van der Waals surface area contributed by atoms with Crippen LogP contribution in [0.15, 0.2) is 168 Å². The van der Waals surface area contributed by atoms with Crippen molar-refractivity contribution < 1.29 is 4.42 Å². The van der Waals surface area contributed by atoms with Crippen LogP contribution in [0.2, 0.25) is 0 Å². The summed E-state index contributed by atoms with van der Waals surface area (Å²) in [6.45, 7) is 0. The number of benzene rings is 8. The van der Waals surface area contributed by atoms with Crippen LogP contribution in [0.3, 0.4) is 0 Å². The molecule has 2 heterocycles. The van der Waals surface area contributed by atoms with Gasteiger partial charge in [0, 0.05) is 27.5 Å². The molecule has 4 heteroatoms. The van der Waals surface area contributed by atoms with Crippen LogP contribution >= 0.6 is 0 Å². The minimum absolute atomic E-state index is 0.641. The molecule has 0 spiro atoms. The molecule has 4 nitrogen and oxygen atoms in total. The standard InChI is InChI=1S/C45H27N3O/c1-3-11-30-25-34(21-19-28(30)9-1)43-46-44(35-22-20-29-10-2-4-12-31(29)26-35)48-45(47-43)38-16-7-13-32-27-33(23-24-36(32)38)37-15-8-18-41-42(37)39-14-5-6-17-40(39)49-41/h1-27H. The Kier molecular flexibility index (Phi) is 6.15. The van der Waals surface area contributed by atoms with Gasteiger partial charge in [-0.2, -0.15) is 0 Å². The first-order chi connectivity index (χ1) is 24.2. The first-order valence-corrected chi connectivity index (χ1v) is 16.4. The number of para-hydroxylation sites is 1. The van der Waals surface area contributed by atoms with Crippen molar-refractivity contribution in [2.24, 2.45) is 0 Å². The van der Waals surface area contributed by atoms with Crippen molar-refractivity contribution in [1.82, 2.24) is 15.0 Å². The molecule has 0 aliphatic carbocycles. The van der Waals surface area contributed by atoms with Gasteiger partial charge < -0.3 is 4.42 Å². The van der Waals surface area contributed by atoms with E-state index < -0.39 is 0 Å². The fraction of sp³-hybridized carbons (Fsp3) is 0. The third-order valence-corrected chi connectivity index (χ3v) is 9.49. The topological polar surface area (TPSA) is 51.8 Å². The summed E-state index contributed by atoms with van der Waals surface area (Å²) in [5.74, 6) is 1.93. The SMILES string of the molecule is c1ccc2cc(-c3nc(-c4ccc5ccccc5c4)nc(-c4cccc5cc(-c6cccc7oc8ccccc8c67)ccc45)n3)ccc2c1. The summed E-state index contributed by atoms with van der Waals surface area (Å²) in [6, 6.07) is 57.0. The van der Waals surface area contributed by atoms with E-state index in [1.165, 1.54) is 10.8 Å². The third-order valence-electron chi connectivity index (χ3n) is 9.49. The van der Waals surface area contributed by atoms with E-state index >= 15 is 0 Å². The number of nitrogens with zero attached hydrogens (tertiary/aromatic N) is 3. The van der Waals surface area contributed by atoms with E-state index in [0.717, 1.165) is 71.3 Å². The Morgan fingerprint density at radius 3 is 1.59 bits per heavy atom. The molecule has 228 valence electrons. The van der Waals surface area contributed by atoms with Gasteiger partial charge >= 0.3 is 0 Å². The first-order valence-electron chi connectivity index (χ1n) is 16.4. The molecule has 0 aliphatic heterocycles. The molecule has 8 aromatic carbocycles. The summed E-state index contributed by atoms with van der Waals surface area (Å²) in [6.07, 6.45) is 0. The van der Waals surface area contributed by atoms with Gasteiger partial charge in [0.25, 0.3) is 0 Å². The number of fused-ring (bicyclic) bond motifs is 6. The molecule has 0 fully saturated rings. The maximum atomic E-state index is 6.20. The first kappa shape index (κ1) is 27.5. The molecular formula is C45H27N3O. The van der Waals surface area contributed by atoms with Gasteiger partial charge in [0.2, 0.25) is 0 Å². The highest BCUT2D eigenvalue weighted by Gasteiger charge is 2.17. The van der Waals surface area contributed by atoms with E-state index in [9.17, 15) is 0 Å². The van der Waals surface area contributed by atoms with E-state index in [1.807, 2.05) is 18.2 Å². The zero-order valence-electron chi connectivity index (χ0n) is 26.3. The van der Waals surface area contributed by atoms with E-state index in [0.29, 0.717) is 17.5 Å².